The van der Waals surface area contributed by atoms with Gasteiger partial charge in [-0.25, -0.2) is 4.98 Å². The number of piperidine rings is 1. The summed E-state index contributed by atoms with van der Waals surface area (Å²) in [6, 6.07) is 12.1. The Morgan fingerprint density at radius 3 is 2.59 bits per heavy atom. The summed E-state index contributed by atoms with van der Waals surface area (Å²) < 4.78 is 1.42. The molecular formula is C22H29N3O2. The van der Waals surface area contributed by atoms with E-state index >= 15 is 0 Å². The molecule has 0 atom stereocenters. The highest BCUT2D eigenvalue weighted by atomic mass is 16.2. The van der Waals surface area contributed by atoms with Gasteiger partial charge in [-0.05, 0) is 43.6 Å². The molecular weight excluding hydrogens is 338 g/mol. The fourth-order valence-electron chi connectivity index (χ4n) is 3.66. The Morgan fingerprint density at radius 1 is 1.19 bits per heavy atom. The summed E-state index contributed by atoms with van der Waals surface area (Å²) in [6.45, 7) is 3.74. The molecule has 5 heteroatoms. The Labute approximate surface area is 161 Å². The number of nitrogens with zero attached hydrogens (tertiary/aromatic N) is 3. The van der Waals surface area contributed by atoms with E-state index in [4.69, 9.17) is 0 Å². The van der Waals surface area contributed by atoms with Crippen LogP contribution in [0.2, 0.25) is 0 Å². The van der Waals surface area contributed by atoms with Crippen molar-refractivity contribution in [2.24, 2.45) is 5.92 Å². The fourth-order valence-corrected chi connectivity index (χ4v) is 3.66. The number of aryl methyl sites for hydroxylation is 1. The number of rotatable bonds is 7. The van der Waals surface area contributed by atoms with Crippen LogP contribution in [-0.4, -0.2) is 33.4 Å². The van der Waals surface area contributed by atoms with Gasteiger partial charge in [0.25, 0.3) is 5.56 Å². The molecule has 1 aliphatic rings. The standard InChI is InChI=1S/C22H29N3O2/c1-2-3-9-20-15-21(26)25(17-23-20)16-22(27)24-12-10-19(11-13-24)14-18-7-5-4-6-8-18/h4-8,15,17,19H,2-3,9-14,16H2,1H3. The molecule has 1 aromatic heterocycles. The Morgan fingerprint density at radius 2 is 1.93 bits per heavy atom. The minimum atomic E-state index is -0.136. The fraction of sp³-hybridized carbons (Fsp3) is 0.500. The molecule has 0 radical (unpaired) electrons. The van der Waals surface area contributed by atoms with Gasteiger partial charge in [0, 0.05) is 24.8 Å². The van der Waals surface area contributed by atoms with E-state index in [1.807, 2.05) is 11.0 Å². The van der Waals surface area contributed by atoms with Crippen molar-refractivity contribution in [3.8, 4) is 0 Å². The van der Waals surface area contributed by atoms with Gasteiger partial charge in [0.2, 0.25) is 5.91 Å². The number of hydrogen-bond donors (Lipinski definition) is 0. The molecule has 1 amide bonds. The van der Waals surface area contributed by atoms with Gasteiger partial charge in [0.1, 0.15) is 6.54 Å². The van der Waals surface area contributed by atoms with E-state index < -0.39 is 0 Å². The molecule has 0 aliphatic carbocycles. The Hall–Kier alpha value is -2.43. The number of unbranched alkanes of at least 4 members (excludes halogenated alkanes) is 1. The first-order valence-electron chi connectivity index (χ1n) is 10.0. The van der Waals surface area contributed by atoms with Crippen LogP contribution in [0.4, 0.5) is 0 Å². The van der Waals surface area contributed by atoms with Crippen LogP contribution >= 0.6 is 0 Å². The summed E-state index contributed by atoms with van der Waals surface area (Å²) in [5.41, 5.74) is 2.04. The molecule has 2 aromatic rings. The summed E-state index contributed by atoms with van der Waals surface area (Å²) in [5, 5.41) is 0. The monoisotopic (exact) mass is 367 g/mol. The van der Waals surface area contributed by atoms with Crippen molar-refractivity contribution in [1.82, 2.24) is 14.5 Å². The van der Waals surface area contributed by atoms with Gasteiger partial charge in [-0.2, -0.15) is 0 Å². The highest BCUT2D eigenvalue weighted by Crippen LogP contribution is 2.21. The highest BCUT2D eigenvalue weighted by molar-refractivity contribution is 5.76. The molecule has 2 heterocycles. The number of aromatic nitrogens is 2. The van der Waals surface area contributed by atoms with Crippen LogP contribution in [0, 0.1) is 5.92 Å². The van der Waals surface area contributed by atoms with Crippen molar-refractivity contribution in [3.63, 3.8) is 0 Å². The van der Waals surface area contributed by atoms with E-state index in [1.54, 1.807) is 6.07 Å². The lowest BCUT2D eigenvalue weighted by molar-refractivity contribution is -0.133. The maximum atomic E-state index is 12.6. The molecule has 144 valence electrons. The van der Waals surface area contributed by atoms with Crippen molar-refractivity contribution >= 4 is 5.91 Å². The maximum absolute atomic E-state index is 12.6. The molecule has 1 saturated heterocycles. The zero-order valence-electron chi connectivity index (χ0n) is 16.1. The lowest BCUT2D eigenvalue weighted by Gasteiger charge is -2.32. The topological polar surface area (TPSA) is 55.2 Å². The maximum Gasteiger partial charge on any atom is 0.253 e. The smallest absolute Gasteiger partial charge is 0.253 e. The van der Waals surface area contributed by atoms with E-state index in [9.17, 15) is 9.59 Å². The summed E-state index contributed by atoms with van der Waals surface area (Å²) in [4.78, 5) is 31.0. The third-order valence-electron chi connectivity index (χ3n) is 5.36. The van der Waals surface area contributed by atoms with Crippen molar-refractivity contribution in [3.05, 3.63) is 64.3 Å². The Bertz CT molecular complexity index is 793. The summed E-state index contributed by atoms with van der Waals surface area (Å²) >= 11 is 0. The number of benzene rings is 1. The van der Waals surface area contributed by atoms with Crippen molar-refractivity contribution in [2.75, 3.05) is 13.1 Å². The number of carbonyl (C=O) groups is 1. The molecule has 27 heavy (non-hydrogen) atoms. The molecule has 0 saturated carbocycles. The van der Waals surface area contributed by atoms with Gasteiger partial charge in [0.15, 0.2) is 0 Å². The molecule has 0 unspecified atom stereocenters. The number of hydrogen-bond acceptors (Lipinski definition) is 3. The van der Waals surface area contributed by atoms with E-state index in [-0.39, 0.29) is 18.0 Å². The average molecular weight is 367 g/mol. The number of likely N-dealkylation sites (tertiary alicyclic amines) is 1. The first kappa shape index (κ1) is 19.3. The first-order valence-corrected chi connectivity index (χ1v) is 10.0. The summed E-state index contributed by atoms with van der Waals surface area (Å²) in [5.74, 6) is 0.636. The van der Waals surface area contributed by atoms with Crippen LogP contribution < -0.4 is 5.56 Å². The Kier molecular flexibility index (Phi) is 6.80. The number of amides is 1. The van der Waals surface area contributed by atoms with Gasteiger partial charge < -0.3 is 4.90 Å². The van der Waals surface area contributed by atoms with E-state index in [0.717, 1.165) is 57.3 Å². The van der Waals surface area contributed by atoms with E-state index in [2.05, 4.69) is 36.2 Å². The number of carbonyl (C=O) groups excluding carboxylic acids is 1. The zero-order valence-corrected chi connectivity index (χ0v) is 16.1. The second-order valence-electron chi connectivity index (χ2n) is 7.46. The molecule has 0 bridgehead atoms. The van der Waals surface area contributed by atoms with Crippen molar-refractivity contribution in [2.45, 2.75) is 52.0 Å². The average Bonchev–Trinajstić information content (AvgIpc) is 2.69. The van der Waals surface area contributed by atoms with Crippen molar-refractivity contribution in [1.29, 1.82) is 0 Å². The van der Waals surface area contributed by atoms with Crippen LogP contribution in [-0.2, 0) is 24.2 Å². The third kappa shape index (κ3) is 5.52. The van der Waals surface area contributed by atoms with Gasteiger partial charge >= 0.3 is 0 Å². The second kappa shape index (κ2) is 9.49. The largest absolute Gasteiger partial charge is 0.341 e. The van der Waals surface area contributed by atoms with Crippen LogP contribution in [0.3, 0.4) is 0 Å². The van der Waals surface area contributed by atoms with Crippen LogP contribution in [0.25, 0.3) is 0 Å². The van der Waals surface area contributed by atoms with Gasteiger partial charge in [-0.3, -0.25) is 14.2 Å². The van der Waals surface area contributed by atoms with Crippen molar-refractivity contribution < 1.29 is 4.79 Å². The lowest BCUT2D eigenvalue weighted by atomic mass is 9.90. The summed E-state index contributed by atoms with van der Waals surface area (Å²) in [6.07, 6.45) is 7.54. The summed E-state index contributed by atoms with van der Waals surface area (Å²) in [7, 11) is 0. The predicted molar refractivity (Wildman–Crippen MR) is 107 cm³/mol. The van der Waals surface area contributed by atoms with Gasteiger partial charge in [0.05, 0.1) is 6.33 Å². The quantitative estimate of drug-likeness (QED) is 0.756. The molecule has 1 aliphatic heterocycles. The zero-order chi connectivity index (χ0) is 19.1. The highest BCUT2D eigenvalue weighted by Gasteiger charge is 2.23. The first-order chi connectivity index (χ1) is 13.2. The molecule has 1 fully saturated rings. The van der Waals surface area contributed by atoms with E-state index in [0.29, 0.717) is 5.92 Å². The minimum Gasteiger partial charge on any atom is -0.341 e. The predicted octanol–water partition coefficient (Wildman–Crippen LogP) is 3.07. The Balaban J connectivity index is 1.50. The SMILES string of the molecule is CCCCc1cc(=O)n(CC(=O)N2CCC(Cc3ccccc3)CC2)cn1. The van der Waals surface area contributed by atoms with Crippen LogP contribution in [0.1, 0.15) is 43.9 Å². The molecule has 1 aromatic carbocycles. The third-order valence-corrected chi connectivity index (χ3v) is 5.36. The normalized spacial score (nSPS) is 15.1. The lowest BCUT2D eigenvalue weighted by Crippen LogP contribution is -2.41. The molecule has 5 nitrogen and oxygen atoms in total. The van der Waals surface area contributed by atoms with Crippen LogP contribution in [0.15, 0.2) is 47.5 Å². The van der Waals surface area contributed by atoms with E-state index in [1.165, 1.54) is 16.5 Å². The molecule has 3 rings (SSSR count). The second-order valence-corrected chi connectivity index (χ2v) is 7.46. The van der Waals surface area contributed by atoms with Gasteiger partial charge in [-0.1, -0.05) is 43.7 Å². The molecule has 0 N–H and O–H groups in total. The molecule has 0 spiro atoms. The minimum absolute atomic E-state index is 0.0124. The van der Waals surface area contributed by atoms with Gasteiger partial charge in [-0.15, -0.1) is 0 Å². The van der Waals surface area contributed by atoms with Crippen LogP contribution in [0.5, 0.6) is 0 Å².